The number of rotatable bonds is 4. The number of benzene rings is 1. The molecule has 0 aromatic heterocycles. The second kappa shape index (κ2) is 6.55. The molecular weight excluding hydrogens is 354 g/mol. The Morgan fingerprint density at radius 1 is 1.27 bits per heavy atom. The number of urea groups is 1. The first-order valence-electron chi connectivity index (χ1n) is 5.85. The third-order valence-corrected chi connectivity index (χ3v) is 5.15. The number of imide groups is 1. The van der Waals surface area contributed by atoms with Crippen LogP contribution >= 0.6 is 23.4 Å². The molecule has 22 heavy (non-hydrogen) atoms. The zero-order chi connectivity index (χ0) is 16.3. The third-order valence-electron chi connectivity index (χ3n) is 2.57. The summed E-state index contributed by atoms with van der Waals surface area (Å²) in [7, 11) is -4.04. The van der Waals surface area contributed by atoms with Gasteiger partial charge < -0.3 is 5.32 Å². The van der Waals surface area contributed by atoms with Crippen molar-refractivity contribution in [2.75, 3.05) is 6.54 Å². The number of thioether (sulfide) groups is 1. The Kier molecular flexibility index (Phi) is 4.94. The van der Waals surface area contributed by atoms with Gasteiger partial charge in [0.25, 0.3) is 15.3 Å². The molecule has 1 aromatic rings. The lowest BCUT2D eigenvalue weighted by molar-refractivity contribution is -0.118. The number of nitrogens with one attached hydrogen (secondary N) is 3. The molecule has 2 rings (SSSR count). The van der Waals surface area contributed by atoms with Crippen molar-refractivity contribution in [3.8, 4) is 0 Å². The van der Waals surface area contributed by atoms with Gasteiger partial charge in [0.15, 0.2) is 0 Å². The summed E-state index contributed by atoms with van der Waals surface area (Å²) >= 11 is 6.38. The van der Waals surface area contributed by atoms with Crippen LogP contribution < -0.4 is 15.4 Å². The van der Waals surface area contributed by atoms with Crippen LogP contribution in [0, 0.1) is 0 Å². The fraction of sp³-hybridized carbons (Fsp3) is 0.182. The molecule has 0 radical (unpaired) electrons. The second-order valence-corrected chi connectivity index (χ2v) is 7.45. The largest absolute Gasteiger partial charge is 0.336 e. The molecule has 0 aliphatic carbocycles. The van der Waals surface area contributed by atoms with E-state index in [-0.39, 0.29) is 11.4 Å². The summed E-state index contributed by atoms with van der Waals surface area (Å²) in [5.74, 6) is -0.532. The van der Waals surface area contributed by atoms with Gasteiger partial charge in [-0.05, 0) is 36.0 Å². The zero-order valence-electron chi connectivity index (χ0n) is 10.8. The molecule has 1 aliphatic heterocycles. The zero-order valence-corrected chi connectivity index (χ0v) is 13.2. The predicted molar refractivity (Wildman–Crippen MR) is 80.1 cm³/mol. The highest BCUT2D eigenvalue weighted by atomic mass is 35.5. The fourth-order valence-corrected chi connectivity index (χ4v) is 3.35. The summed E-state index contributed by atoms with van der Waals surface area (Å²) in [4.78, 5) is 33.7. The van der Waals surface area contributed by atoms with Crippen molar-refractivity contribution in [1.82, 2.24) is 15.4 Å². The van der Waals surface area contributed by atoms with Gasteiger partial charge in [0.2, 0.25) is 5.91 Å². The van der Waals surface area contributed by atoms with Crippen LogP contribution in [0.25, 0.3) is 0 Å². The minimum atomic E-state index is -4.04. The molecule has 0 saturated carbocycles. The van der Waals surface area contributed by atoms with Crippen molar-refractivity contribution in [1.29, 1.82) is 0 Å². The lowest BCUT2D eigenvalue weighted by Gasteiger charge is -2.10. The lowest BCUT2D eigenvalue weighted by atomic mass is 10.4. The van der Waals surface area contributed by atoms with Crippen LogP contribution in [0.5, 0.6) is 0 Å². The van der Waals surface area contributed by atoms with Crippen LogP contribution in [0.1, 0.15) is 0 Å². The fourth-order valence-electron chi connectivity index (χ4n) is 1.54. The van der Waals surface area contributed by atoms with E-state index in [0.29, 0.717) is 5.02 Å². The average Bonchev–Trinajstić information content (AvgIpc) is 2.74. The molecule has 4 amide bonds. The minimum Gasteiger partial charge on any atom is -0.336 e. The summed E-state index contributed by atoms with van der Waals surface area (Å²) in [5.41, 5.74) is 0. The number of hydrogen-bond acceptors (Lipinski definition) is 6. The van der Waals surface area contributed by atoms with E-state index in [0.717, 1.165) is 11.8 Å². The van der Waals surface area contributed by atoms with Crippen LogP contribution in [-0.4, -0.2) is 37.4 Å². The first-order chi connectivity index (χ1) is 10.3. The van der Waals surface area contributed by atoms with Crippen LogP contribution in [0.15, 0.2) is 29.2 Å². The Labute approximate surface area is 135 Å². The van der Waals surface area contributed by atoms with Crippen molar-refractivity contribution < 1.29 is 22.8 Å². The Hall–Kier alpha value is -1.78. The van der Waals surface area contributed by atoms with E-state index in [2.05, 4.69) is 10.6 Å². The molecule has 0 bridgehead atoms. The van der Waals surface area contributed by atoms with Crippen molar-refractivity contribution in [2.45, 2.75) is 10.1 Å². The maximum Gasteiger partial charge on any atom is 0.328 e. The molecule has 11 heteroatoms. The number of amides is 4. The van der Waals surface area contributed by atoms with Crippen LogP contribution in [0.3, 0.4) is 0 Å². The first-order valence-corrected chi connectivity index (χ1v) is 8.60. The summed E-state index contributed by atoms with van der Waals surface area (Å²) in [5, 5.41) is 3.35. The monoisotopic (exact) mass is 363 g/mol. The van der Waals surface area contributed by atoms with E-state index in [1.54, 1.807) is 4.72 Å². The molecule has 1 atom stereocenters. The number of halogens is 1. The van der Waals surface area contributed by atoms with E-state index >= 15 is 0 Å². The van der Waals surface area contributed by atoms with E-state index in [9.17, 15) is 22.8 Å². The van der Waals surface area contributed by atoms with E-state index in [4.69, 9.17) is 11.6 Å². The molecule has 8 nitrogen and oxygen atoms in total. The normalized spacial score (nSPS) is 18.0. The van der Waals surface area contributed by atoms with Gasteiger partial charge >= 0.3 is 6.03 Å². The van der Waals surface area contributed by atoms with Gasteiger partial charge in [-0.25, -0.2) is 17.9 Å². The van der Waals surface area contributed by atoms with Crippen LogP contribution in [0.4, 0.5) is 9.59 Å². The van der Waals surface area contributed by atoms with Gasteiger partial charge in [-0.3, -0.25) is 14.9 Å². The van der Waals surface area contributed by atoms with Crippen molar-refractivity contribution in [3.05, 3.63) is 29.3 Å². The third kappa shape index (κ3) is 4.12. The van der Waals surface area contributed by atoms with Crippen molar-refractivity contribution in [2.24, 2.45) is 0 Å². The SMILES string of the molecule is O=C(NCC1SC(=O)NC1=O)NS(=O)(=O)c1ccc(Cl)cc1. The topological polar surface area (TPSA) is 121 Å². The quantitative estimate of drug-likeness (QED) is 0.723. The summed E-state index contributed by atoms with van der Waals surface area (Å²) in [6.45, 7) is -0.176. The lowest BCUT2D eigenvalue weighted by Crippen LogP contribution is -2.43. The van der Waals surface area contributed by atoms with E-state index in [1.807, 2.05) is 0 Å². The molecule has 1 unspecified atom stereocenters. The molecule has 1 saturated heterocycles. The van der Waals surface area contributed by atoms with E-state index < -0.39 is 32.5 Å². The maximum absolute atomic E-state index is 11.9. The highest BCUT2D eigenvalue weighted by Gasteiger charge is 2.32. The second-order valence-electron chi connectivity index (χ2n) is 4.15. The van der Waals surface area contributed by atoms with Crippen LogP contribution in [0.2, 0.25) is 5.02 Å². The highest BCUT2D eigenvalue weighted by molar-refractivity contribution is 8.15. The van der Waals surface area contributed by atoms with Crippen molar-refractivity contribution in [3.63, 3.8) is 0 Å². The Bertz CT molecular complexity index is 720. The first kappa shape index (κ1) is 16.6. The Morgan fingerprint density at radius 2 is 1.91 bits per heavy atom. The van der Waals surface area contributed by atoms with Gasteiger partial charge in [-0.1, -0.05) is 11.6 Å². The molecule has 1 aromatic carbocycles. The average molecular weight is 364 g/mol. The minimum absolute atomic E-state index is 0.129. The maximum atomic E-state index is 11.9. The highest BCUT2D eigenvalue weighted by Crippen LogP contribution is 2.18. The molecular formula is C11H10ClN3O5S2. The number of sulfonamides is 1. The number of carbonyl (C=O) groups excluding carboxylic acids is 3. The van der Waals surface area contributed by atoms with Crippen molar-refractivity contribution >= 4 is 50.6 Å². The van der Waals surface area contributed by atoms with E-state index in [1.165, 1.54) is 24.3 Å². The summed E-state index contributed by atoms with van der Waals surface area (Å²) in [6, 6.07) is 4.24. The molecule has 118 valence electrons. The van der Waals surface area contributed by atoms with Gasteiger partial charge in [0.05, 0.1) is 4.90 Å². The molecule has 0 spiro atoms. The smallest absolute Gasteiger partial charge is 0.328 e. The Morgan fingerprint density at radius 3 is 2.45 bits per heavy atom. The van der Waals surface area contributed by atoms with Gasteiger partial charge in [0.1, 0.15) is 5.25 Å². The molecule has 1 fully saturated rings. The number of hydrogen-bond donors (Lipinski definition) is 3. The van der Waals surface area contributed by atoms with Gasteiger partial charge in [-0.15, -0.1) is 0 Å². The summed E-state index contributed by atoms with van der Waals surface area (Å²) < 4.78 is 25.6. The van der Waals surface area contributed by atoms with Gasteiger partial charge in [0, 0.05) is 11.6 Å². The predicted octanol–water partition coefficient (Wildman–Crippen LogP) is 0.680. The molecule has 3 N–H and O–H groups in total. The molecule has 1 aliphatic rings. The number of carbonyl (C=O) groups is 3. The Balaban J connectivity index is 1.92. The molecule has 1 heterocycles. The summed E-state index contributed by atoms with van der Waals surface area (Å²) in [6.07, 6.45) is 0. The van der Waals surface area contributed by atoms with Crippen LogP contribution in [-0.2, 0) is 14.8 Å². The van der Waals surface area contributed by atoms with Gasteiger partial charge in [-0.2, -0.15) is 0 Å². The standard InChI is InChI=1S/C11H10ClN3O5S2/c12-6-1-3-7(4-2-6)22(19,20)15-10(17)13-5-8-9(16)14-11(18)21-8/h1-4,8H,5H2,(H2,13,15,17)(H,14,16,18).